The van der Waals surface area contributed by atoms with Crippen molar-refractivity contribution in [2.75, 3.05) is 6.54 Å². The summed E-state index contributed by atoms with van der Waals surface area (Å²) in [5.74, 6) is 0. The number of nitrogens with zero attached hydrogens (tertiary/aromatic N) is 1. The minimum atomic E-state index is -0.498. The van der Waals surface area contributed by atoms with Gasteiger partial charge in [0.1, 0.15) is 5.60 Å². The second kappa shape index (κ2) is 5.68. The van der Waals surface area contributed by atoms with Crippen molar-refractivity contribution in [2.24, 2.45) is 0 Å². The fourth-order valence-electron chi connectivity index (χ4n) is 2.16. The van der Waals surface area contributed by atoms with Gasteiger partial charge in [-0.1, -0.05) is 24.3 Å². The third kappa shape index (κ3) is 3.97. The highest BCUT2D eigenvalue weighted by Gasteiger charge is 2.47. The first-order chi connectivity index (χ1) is 9.76. The molecule has 5 heteroatoms. The lowest BCUT2D eigenvalue weighted by Gasteiger charge is -2.22. The van der Waals surface area contributed by atoms with E-state index in [1.165, 1.54) is 0 Å². The summed E-state index contributed by atoms with van der Waals surface area (Å²) in [5.41, 5.74) is 1.07. The maximum atomic E-state index is 11.7. The lowest BCUT2D eigenvalue weighted by molar-refractivity contribution is 0.0522. The van der Waals surface area contributed by atoms with Gasteiger partial charge in [0, 0.05) is 18.2 Å². The van der Waals surface area contributed by atoms with Gasteiger partial charge in [-0.3, -0.25) is 4.98 Å². The predicted molar refractivity (Wildman–Crippen MR) is 84.5 cm³/mol. The van der Waals surface area contributed by atoms with Gasteiger partial charge >= 0.3 is 6.09 Å². The smallest absolute Gasteiger partial charge is 0.407 e. The van der Waals surface area contributed by atoms with E-state index in [0.29, 0.717) is 11.6 Å². The zero-order valence-corrected chi connectivity index (χ0v) is 13.5. The van der Waals surface area contributed by atoms with E-state index in [-0.39, 0.29) is 5.41 Å². The van der Waals surface area contributed by atoms with Crippen LogP contribution in [0.4, 0.5) is 4.79 Å². The Morgan fingerprint density at radius 3 is 2.71 bits per heavy atom. The highest BCUT2D eigenvalue weighted by atomic mass is 35.5. The van der Waals surface area contributed by atoms with Crippen LogP contribution < -0.4 is 5.32 Å². The van der Waals surface area contributed by atoms with E-state index in [0.717, 1.165) is 24.1 Å². The second-order valence-corrected chi connectivity index (χ2v) is 6.85. The molecule has 1 amide bonds. The van der Waals surface area contributed by atoms with Crippen molar-refractivity contribution in [3.05, 3.63) is 35.1 Å². The molecule has 0 bridgehead atoms. The van der Waals surface area contributed by atoms with Gasteiger partial charge in [0.2, 0.25) is 0 Å². The third-order valence-electron chi connectivity index (χ3n) is 3.42. The summed E-state index contributed by atoms with van der Waals surface area (Å²) >= 11 is 6.30. The summed E-state index contributed by atoms with van der Waals surface area (Å²) < 4.78 is 5.25. The van der Waals surface area contributed by atoms with Gasteiger partial charge in [-0.25, -0.2) is 4.79 Å². The summed E-state index contributed by atoms with van der Waals surface area (Å²) in [6, 6.07) is 1.85. The first-order valence-corrected chi connectivity index (χ1v) is 7.39. The Hall–Kier alpha value is -1.55. The average Bonchev–Trinajstić information content (AvgIpc) is 3.15. The van der Waals surface area contributed by atoms with Crippen LogP contribution in [0.25, 0.3) is 6.08 Å². The van der Waals surface area contributed by atoms with E-state index in [4.69, 9.17) is 16.3 Å². The lowest BCUT2D eigenvalue weighted by atomic mass is 10.0. The van der Waals surface area contributed by atoms with E-state index in [9.17, 15) is 4.79 Å². The summed E-state index contributed by atoms with van der Waals surface area (Å²) in [6.45, 7) is 9.71. The van der Waals surface area contributed by atoms with Crippen LogP contribution in [0.1, 0.15) is 44.9 Å². The zero-order valence-electron chi connectivity index (χ0n) is 12.7. The topological polar surface area (TPSA) is 51.2 Å². The normalized spacial score (nSPS) is 16.2. The maximum absolute atomic E-state index is 11.7. The number of hydrogen-bond donors (Lipinski definition) is 1. The van der Waals surface area contributed by atoms with E-state index in [1.54, 1.807) is 12.3 Å². The molecule has 1 aliphatic rings. The Balaban J connectivity index is 2.03. The number of carbonyl (C=O) groups is 1. The molecule has 21 heavy (non-hydrogen) atoms. The van der Waals surface area contributed by atoms with Gasteiger partial charge in [0.05, 0.1) is 10.7 Å². The van der Waals surface area contributed by atoms with E-state index in [2.05, 4.69) is 16.9 Å². The van der Waals surface area contributed by atoms with Crippen LogP contribution >= 0.6 is 11.6 Å². The number of aromatic nitrogens is 1. The molecule has 4 nitrogen and oxygen atoms in total. The molecule has 1 N–H and O–H groups in total. The molecule has 1 fully saturated rings. The molecule has 1 aromatic heterocycles. The van der Waals surface area contributed by atoms with Crippen LogP contribution in [-0.4, -0.2) is 23.2 Å². The quantitative estimate of drug-likeness (QED) is 0.916. The first-order valence-electron chi connectivity index (χ1n) is 7.01. The van der Waals surface area contributed by atoms with Gasteiger partial charge < -0.3 is 10.1 Å². The van der Waals surface area contributed by atoms with Gasteiger partial charge in [0.15, 0.2) is 0 Å². The Labute approximate surface area is 130 Å². The molecule has 2 rings (SSSR count). The van der Waals surface area contributed by atoms with E-state index in [1.807, 2.05) is 26.8 Å². The lowest BCUT2D eigenvalue weighted by Crippen LogP contribution is -2.37. The number of halogens is 1. The van der Waals surface area contributed by atoms with E-state index >= 15 is 0 Å². The number of carbonyl (C=O) groups excluding carboxylic acids is 1. The molecular formula is C16H21ClN2O2. The Bertz CT molecular complexity index is 560. The van der Waals surface area contributed by atoms with Crippen molar-refractivity contribution in [2.45, 2.75) is 44.6 Å². The third-order valence-corrected chi connectivity index (χ3v) is 3.71. The molecular weight excluding hydrogens is 288 g/mol. The molecule has 0 aliphatic heterocycles. The molecule has 0 spiro atoms. The van der Waals surface area contributed by atoms with Crippen LogP contribution in [0.2, 0.25) is 5.02 Å². The molecule has 1 aliphatic carbocycles. The number of ether oxygens (including phenoxy) is 1. The number of nitrogens with one attached hydrogen (secondary N) is 1. The molecule has 0 aromatic carbocycles. The van der Waals surface area contributed by atoms with Gasteiger partial charge in [0.25, 0.3) is 0 Å². The first kappa shape index (κ1) is 15.8. The van der Waals surface area contributed by atoms with Gasteiger partial charge in [-0.2, -0.15) is 0 Å². The van der Waals surface area contributed by atoms with Crippen LogP contribution in [0.5, 0.6) is 0 Å². The molecule has 114 valence electrons. The average molecular weight is 309 g/mol. The number of pyridine rings is 1. The summed E-state index contributed by atoms with van der Waals surface area (Å²) in [5, 5.41) is 3.44. The van der Waals surface area contributed by atoms with Crippen LogP contribution in [0.3, 0.4) is 0 Å². The number of rotatable bonds is 4. The van der Waals surface area contributed by atoms with Gasteiger partial charge in [-0.15, -0.1) is 0 Å². The fourth-order valence-corrected chi connectivity index (χ4v) is 2.53. The summed E-state index contributed by atoms with van der Waals surface area (Å²) in [6.07, 6.45) is 4.97. The van der Waals surface area contributed by atoms with Crippen LogP contribution in [-0.2, 0) is 10.2 Å². The second-order valence-electron chi connectivity index (χ2n) is 6.44. The summed E-state index contributed by atoms with van der Waals surface area (Å²) in [7, 11) is 0. The Morgan fingerprint density at radius 2 is 2.24 bits per heavy atom. The largest absolute Gasteiger partial charge is 0.444 e. The predicted octanol–water partition coefficient (Wildman–Crippen LogP) is 3.93. The van der Waals surface area contributed by atoms with Crippen molar-refractivity contribution in [1.82, 2.24) is 10.3 Å². The molecule has 1 saturated carbocycles. The van der Waals surface area contributed by atoms with Crippen molar-refractivity contribution >= 4 is 23.8 Å². The van der Waals surface area contributed by atoms with Crippen molar-refractivity contribution in [1.29, 1.82) is 0 Å². The highest BCUT2D eigenvalue weighted by Crippen LogP contribution is 2.49. The molecule has 0 atom stereocenters. The Kier molecular flexibility index (Phi) is 4.28. The number of amides is 1. The van der Waals surface area contributed by atoms with Gasteiger partial charge in [-0.05, 0) is 45.2 Å². The number of hydrogen-bond acceptors (Lipinski definition) is 3. The van der Waals surface area contributed by atoms with Crippen molar-refractivity contribution in [3.8, 4) is 0 Å². The molecule has 1 aromatic rings. The minimum Gasteiger partial charge on any atom is -0.444 e. The molecule has 1 heterocycles. The maximum Gasteiger partial charge on any atom is 0.407 e. The molecule has 0 saturated heterocycles. The number of alkyl carbamates (subject to hydrolysis) is 1. The fraction of sp³-hybridized carbons (Fsp3) is 0.500. The van der Waals surface area contributed by atoms with Crippen LogP contribution in [0, 0.1) is 0 Å². The SMILES string of the molecule is C=Cc1cnc(C2(CNC(=O)OC(C)(C)C)CC2)c(Cl)c1. The highest BCUT2D eigenvalue weighted by molar-refractivity contribution is 6.31. The van der Waals surface area contributed by atoms with Crippen LogP contribution in [0.15, 0.2) is 18.8 Å². The van der Waals surface area contributed by atoms with E-state index < -0.39 is 11.7 Å². The minimum absolute atomic E-state index is 0.159. The molecule has 0 unspecified atom stereocenters. The zero-order chi connectivity index (χ0) is 15.7. The van der Waals surface area contributed by atoms with Crippen molar-refractivity contribution < 1.29 is 9.53 Å². The monoisotopic (exact) mass is 308 g/mol. The summed E-state index contributed by atoms with van der Waals surface area (Å²) in [4.78, 5) is 16.2. The standard InChI is InChI=1S/C16H21ClN2O2/c1-5-11-8-12(17)13(18-9-11)16(6-7-16)10-19-14(20)21-15(2,3)4/h5,8-9H,1,6-7,10H2,2-4H3,(H,19,20). The van der Waals surface area contributed by atoms with Crippen molar-refractivity contribution in [3.63, 3.8) is 0 Å². The Morgan fingerprint density at radius 1 is 1.57 bits per heavy atom. The molecule has 0 radical (unpaired) electrons.